The first kappa shape index (κ1) is 7.98. The minimum Gasteiger partial charge on any atom is -0.361 e. The lowest BCUT2D eigenvalue weighted by Crippen LogP contribution is -1.84. The van der Waals surface area contributed by atoms with Gasteiger partial charge < -0.3 is 9.32 Å². The van der Waals surface area contributed by atoms with Gasteiger partial charge in [0.2, 0.25) is 0 Å². The predicted octanol–water partition coefficient (Wildman–Crippen LogP) is 1.50. The summed E-state index contributed by atoms with van der Waals surface area (Å²) in [5.41, 5.74) is 0.935. The standard InChI is InChI=1S/C8H11NO2/c1-7-6-8(9-11-7)4-2-3-5-10/h5-6H,2-4H2,1H3. The van der Waals surface area contributed by atoms with E-state index < -0.39 is 0 Å². The third-order valence-electron chi connectivity index (χ3n) is 1.43. The van der Waals surface area contributed by atoms with Crippen molar-refractivity contribution >= 4 is 6.29 Å². The van der Waals surface area contributed by atoms with Gasteiger partial charge in [-0.25, -0.2) is 0 Å². The van der Waals surface area contributed by atoms with Crippen LogP contribution in [0.1, 0.15) is 24.3 Å². The highest BCUT2D eigenvalue weighted by Gasteiger charge is 1.98. The smallest absolute Gasteiger partial charge is 0.133 e. The van der Waals surface area contributed by atoms with Crippen molar-refractivity contribution in [1.29, 1.82) is 0 Å². The van der Waals surface area contributed by atoms with Crippen molar-refractivity contribution in [2.24, 2.45) is 0 Å². The maximum absolute atomic E-state index is 9.96. The number of carbonyl (C=O) groups is 1. The molecule has 0 aliphatic rings. The van der Waals surface area contributed by atoms with Crippen LogP contribution in [0.3, 0.4) is 0 Å². The van der Waals surface area contributed by atoms with Crippen LogP contribution in [-0.2, 0) is 11.2 Å². The Morgan fingerprint density at radius 2 is 2.55 bits per heavy atom. The summed E-state index contributed by atoms with van der Waals surface area (Å²) in [6.07, 6.45) is 3.21. The molecule has 11 heavy (non-hydrogen) atoms. The van der Waals surface area contributed by atoms with E-state index in [9.17, 15) is 4.79 Å². The van der Waals surface area contributed by atoms with Crippen LogP contribution < -0.4 is 0 Å². The van der Waals surface area contributed by atoms with E-state index in [1.165, 1.54) is 0 Å². The fraction of sp³-hybridized carbons (Fsp3) is 0.500. The van der Waals surface area contributed by atoms with Crippen LogP contribution in [-0.4, -0.2) is 11.4 Å². The van der Waals surface area contributed by atoms with E-state index in [4.69, 9.17) is 4.52 Å². The second kappa shape index (κ2) is 3.91. The van der Waals surface area contributed by atoms with Gasteiger partial charge in [0, 0.05) is 12.5 Å². The molecule has 0 N–H and O–H groups in total. The van der Waals surface area contributed by atoms with Gasteiger partial charge in [-0.15, -0.1) is 0 Å². The van der Waals surface area contributed by atoms with Crippen LogP contribution >= 0.6 is 0 Å². The molecule has 3 nitrogen and oxygen atoms in total. The maximum atomic E-state index is 9.96. The third kappa shape index (κ3) is 2.53. The first-order valence-electron chi connectivity index (χ1n) is 3.69. The minimum atomic E-state index is 0.603. The molecule has 0 amide bonds. The summed E-state index contributed by atoms with van der Waals surface area (Å²) in [6, 6.07) is 1.89. The van der Waals surface area contributed by atoms with Gasteiger partial charge in [0.05, 0.1) is 5.69 Å². The Hall–Kier alpha value is -1.12. The Morgan fingerprint density at radius 3 is 3.09 bits per heavy atom. The maximum Gasteiger partial charge on any atom is 0.133 e. The molecular weight excluding hydrogens is 142 g/mol. The zero-order valence-electron chi connectivity index (χ0n) is 6.54. The van der Waals surface area contributed by atoms with Crippen molar-refractivity contribution in [3.63, 3.8) is 0 Å². The second-order valence-electron chi connectivity index (χ2n) is 2.49. The molecule has 0 saturated carbocycles. The molecule has 0 bridgehead atoms. The molecule has 60 valence electrons. The van der Waals surface area contributed by atoms with E-state index in [1.807, 2.05) is 13.0 Å². The third-order valence-corrected chi connectivity index (χ3v) is 1.43. The van der Waals surface area contributed by atoms with Gasteiger partial charge in [-0.3, -0.25) is 0 Å². The summed E-state index contributed by atoms with van der Waals surface area (Å²) in [5.74, 6) is 0.825. The molecule has 0 atom stereocenters. The number of unbranched alkanes of at least 4 members (excludes halogenated alkanes) is 1. The van der Waals surface area contributed by atoms with Crippen molar-refractivity contribution < 1.29 is 9.32 Å². The van der Waals surface area contributed by atoms with Gasteiger partial charge in [-0.05, 0) is 19.8 Å². The molecule has 0 fully saturated rings. The molecule has 1 heterocycles. The van der Waals surface area contributed by atoms with Crippen molar-refractivity contribution in [3.05, 3.63) is 17.5 Å². The van der Waals surface area contributed by atoms with Gasteiger partial charge in [0.15, 0.2) is 0 Å². The Balaban J connectivity index is 2.32. The first-order valence-corrected chi connectivity index (χ1v) is 3.69. The van der Waals surface area contributed by atoms with Crippen LogP contribution in [0.5, 0.6) is 0 Å². The van der Waals surface area contributed by atoms with E-state index in [0.29, 0.717) is 6.42 Å². The molecule has 1 aromatic rings. The fourth-order valence-corrected chi connectivity index (χ4v) is 0.902. The molecule has 0 unspecified atom stereocenters. The lowest BCUT2D eigenvalue weighted by Gasteiger charge is -1.87. The average molecular weight is 153 g/mol. The van der Waals surface area contributed by atoms with Crippen LogP contribution in [0.25, 0.3) is 0 Å². The molecule has 0 saturated heterocycles. The number of aromatic nitrogens is 1. The molecule has 3 heteroatoms. The number of hydrogen-bond donors (Lipinski definition) is 0. The lowest BCUT2D eigenvalue weighted by molar-refractivity contribution is -0.107. The van der Waals surface area contributed by atoms with Crippen molar-refractivity contribution in [2.45, 2.75) is 26.2 Å². The van der Waals surface area contributed by atoms with Crippen LogP contribution in [0.4, 0.5) is 0 Å². The van der Waals surface area contributed by atoms with E-state index in [1.54, 1.807) is 0 Å². The summed E-state index contributed by atoms with van der Waals surface area (Å²) < 4.78 is 4.86. The molecule has 1 rings (SSSR count). The Labute approximate surface area is 65.4 Å². The van der Waals surface area contributed by atoms with Gasteiger partial charge in [0.1, 0.15) is 12.0 Å². The van der Waals surface area contributed by atoms with Crippen molar-refractivity contribution in [3.8, 4) is 0 Å². The molecular formula is C8H11NO2. The van der Waals surface area contributed by atoms with E-state index in [0.717, 1.165) is 30.6 Å². The minimum absolute atomic E-state index is 0.603. The second-order valence-corrected chi connectivity index (χ2v) is 2.49. The molecule has 0 aromatic carbocycles. The monoisotopic (exact) mass is 153 g/mol. The molecule has 0 radical (unpaired) electrons. The highest BCUT2D eigenvalue weighted by atomic mass is 16.5. The summed E-state index contributed by atoms with van der Waals surface area (Å²) in [7, 11) is 0. The highest BCUT2D eigenvalue weighted by Crippen LogP contribution is 2.04. The summed E-state index contributed by atoms with van der Waals surface area (Å²) >= 11 is 0. The van der Waals surface area contributed by atoms with Gasteiger partial charge >= 0.3 is 0 Å². The quantitative estimate of drug-likeness (QED) is 0.486. The van der Waals surface area contributed by atoms with Crippen LogP contribution in [0.15, 0.2) is 10.6 Å². The summed E-state index contributed by atoms with van der Waals surface area (Å²) in [6.45, 7) is 1.86. The van der Waals surface area contributed by atoms with E-state index >= 15 is 0 Å². The Bertz CT molecular complexity index is 230. The SMILES string of the molecule is Cc1cc(CCCC=O)no1. The largest absolute Gasteiger partial charge is 0.361 e. The number of hydrogen-bond acceptors (Lipinski definition) is 3. The normalized spacial score (nSPS) is 9.91. The van der Waals surface area contributed by atoms with Crippen LogP contribution in [0.2, 0.25) is 0 Å². The molecule has 0 aliphatic heterocycles. The lowest BCUT2D eigenvalue weighted by atomic mass is 10.2. The van der Waals surface area contributed by atoms with E-state index in [2.05, 4.69) is 5.16 Å². The number of aryl methyl sites for hydroxylation is 2. The Kier molecular flexibility index (Phi) is 2.83. The fourth-order valence-electron chi connectivity index (χ4n) is 0.902. The molecule has 1 aromatic heterocycles. The number of nitrogens with zero attached hydrogens (tertiary/aromatic N) is 1. The zero-order valence-corrected chi connectivity index (χ0v) is 6.54. The van der Waals surface area contributed by atoms with Gasteiger partial charge in [0.25, 0.3) is 0 Å². The van der Waals surface area contributed by atoms with E-state index in [-0.39, 0.29) is 0 Å². The molecule has 0 aliphatic carbocycles. The highest BCUT2D eigenvalue weighted by molar-refractivity contribution is 5.49. The van der Waals surface area contributed by atoms with Crippen molar-refractivity contribution in [2.75, 3.05) is 0 Å². The van der Waals surface area contributed by atoms with Crippen molar-refractivity contribution in [1.82, 2.24) is 5.16 Å². The van der Waals surface area contributed by atoms with Gasteiger partial charge in [-0.1, -0.05) is 5.16 Å². The average Bonchev–Trinajstić information content (AvgIpc) is 2.37. The van der Waals surface area contributed by atoms with Crippen LogP contribution in [0, 0.1) is 6.92 Å². The molecule has 0 spiro atoms. The summed E-state index contributed by atoms with van der Waals surface area (Å²) in [4.78, 5) is 9.96. The predicted molar refractivity (Wildman–Crippen MR) is 40.2 cm³/mol. The number of rotatable bonds is 4. The Morgan fingerprint density at radius 1 is 1.73 bits per heavy atom. The zero-order chi connectivity index (χ0) is 8.10. The first-order chi connectivity index (χ1) is 5.33. The topological polar surface area (TPSA) is 43.1 Å². The summed E-state index contributed by atoms with van der Waals surface area (Å²) in [5, 5.41) is 3.80. The van der Waals surface area contributed by atoms with Gasteiger partial charge in [-0.2, -0.15) is 0 Å². The number of carbonyl (C=O) groups excluding carboxylic acids is 1. The number of aldehydes is 1.